The fourth-order valence-electron chi connectivity index (χ4n) is 3.23. The zero-order chi connectivity index (χ0) is 17.5. The number of carbonyl (C=O) groups excluding carboxylic acids is 1. The van der Waals surface area contributed by atoms with Crippen LogP contribution in [-0.4, -0.2) is 49.5 Å². The lowest BCUT2D eigenvalue weighted by Crippen LogP contribution is -2.38. The Bertz CT molecular complexity index is 589. The van der Waals surface area contributed by atoms with Crippen LogP contribution in [0.15, 0.2) is 35.3 Å². The predicted octanol–water partition coefficient (Wildman–Crippen LogP) is 2.66. The Hall–Kier alpha value is -1.31. The zero-order valence-electron chi connectivity index (χ0n) is 15.6. The highest BCUT2D eigenvalue weighted by Crippen LogP contribution is 2.27. The highest BCUT2D eigenvalue weighted by atomic mass is 127. The second-order valence-electron chi connectivity index (χ2n) is 7.19. The van der Waals surface area contributed by atoms with Crippen LogP contribution in [-0.2, 0) is 11.2 Å². The van der Waals surface area contributed by atoms with Gasteiger partial charge in [-0.3, -0.25) is 9.79 Å². The Kier molecular flexibility index (Phi) is 8.68. The van der Waals surface area contributed by atoms with E-state index in [1.54, 1.807) is 0 Å². The number of benzene rings is 1. The van der Waals surface area contributed by atoms with E-state index in [1.807, 2.05) is 11.0 Å². The molecule has 5 nitrogen and oxygen atoms in total. The fraction of sp³-hybridized carbons (Fsp3) is 0.600. The van der Waals surface area contributed by atoms with Crippen molar-refractivity contribution in [3.8, 4) is 0 Å². The minimum atomic E-state index is 0. The standard InChI is InChI=1S/C20H30N4O.HI/c1-2-21-20(22-13-17-8-9-17)23-14-18-12-19(25)24(15-18)11-10-16-6-4-3-5-7-16;/h3-7,17-18H,2,8-15H2,1H3,(H2,21,22,23);1H. The van der Waals surface area contributed by atoms with E-state index in [-0.39, 0.29) is 29.9 Å². The number of rotatable bonds is 8. The van der Waals surface area contributed by atoms with Crippen molar-refractivity contribution in [3.63, 3.8) is 0 Å². The average Bonchev–Trinajstić information content (AvgIpc) is 3.39. The van der Waals surface area contributed by atoms with Crippen molar-refractivity contribution in [3.05, 3.63) is 35.9 Å². The van der Waals surface area contributed by atoms with Gasteiger partial charge in [0.25, 0.3) is 0 Å². The number of aliphatic imine (C=N–C) groups is 1. The molecule has 1 unspecified atom stereocenters. The van der Waals surface area contributed by atoms with Gasteiger partial charge in [-0.1, -0.05) is 30.3 Å². The molecule has 6 heteroatoms. The SMILES string of the molecule is CCNC(=NCC1CC(=O)N(CCc2ccccc2)C1)NCC1CC1.I. The molecule has 1 aliphatic carbocycles. The molecule has 1 atom stereocenters. The number of likely N-dealkylation sites (tertiary alicyclic amines) is 1. The lowest BCUT2D eigenvalue weighted by molar-refractivity contribution is -0.127. The van der Waals surface area contributed by atoms with Gasteiger partial charge >= 0.3 is 0 Å². The van der Waals surface area contributed by atoms with E-state index in [2.05, 4.69) is 41.8 Å². The molecule has 1 aliphatic heterocycles. The maximum absolute atomic E-state index is 12.2. The third-order valence-electron chi connectivity index (χ3n) is 4.91. The van der Waals surface area contributed by atoms with Gasteiger partial charge < -0.3 is 15.5 Å². The van der Waals surface area contributed by atoms with Gasteiger partial charge in [-0.25, -0.2) is 0 Å². The Morgan fingerprint density at radius 3 is 2.65 bits per heavy atom. The van der Waals surface area contributed by atoms with Crippen LogP contribution in [0.5, 0.6) is 0 Å². The Labute approximate surface area is 174 Å². The second kappa shape index (κ2) is 10.7. The number of hydrogen-bond donors (Lipinski definition) is 2. The molecule has 0 bridgehead atoms. The number of hydrogen-bond acceptors (Lipinski definition) is 2. The number of guanidine groups is 1. The topological polar surface area (TPSA) is 56.7 Å². The van der Waals surface area contributed by atoms with Gasteiger partial charge in [0.15, 0.2) is 5.96 Å². The zero-order valence-corrected chi connectivity index (χ0v) is 17.9. The van der Waals surface area contributed by atoms with Crippen LogP contribution in [0.4, 0.5) is 0 Å². The number of carbonyl (C=O) groups is 1. The molecule has 0 radical (unpaired) electrons. The van der Waals surface area contributed by atoms with E-state index >= 15 is 0 Å². The first-order valence-electron chi connectivity index (χ1n) is 9.58. The molecule has 1 saturated carbocycles. The van der Waals surface area contributed by atoms with E-state index in [4.69, 9.17) is 4.99 Å². The highest BCUT2D eigenvalue weighted by Gasteiger charge is 2.29. The van der Waals surface area contributed by atoms with Crippen molar-refractivity contribution < 1.29 is 4.79 Å². The van der Waals surface area contributed by atoms with Gasteiger partial charge in [0.05, 0.1) is 0 Å². The van der Waals surface area contributed by atoms with Crippen LogP contribution in [0.3, 0.4) is 0 Å². The summed E-state index contributed by atoms with van der Waals surface area (Å²) in [5.74, 6) is 2.32. The number of amides is 1. The predicted molar refractivity (Wildman–Crippen MR) is 117 cm³/mol. The smallest absolute Gasteiger partial charge is 0.223 e. The van der Waals surface area contributed by atoms with Crippen molar-refractivity contribution in [1.82, 2.24) is 15.5 Å². The Balaban J connectivity index is 0.00000243. The van der Waals surface area contributed by atoms with Gasteiger partial charge in [0.2, 0.25) is 5.91 Å². The summed E-state index contributed by atoms with van der Waals surface area (Å²) in [4.78, 5) is 18.9. The quantitative estimate of drug-likeness (QED) is 0.349. The van der Waals surface area contributed by atoms with E-state index in [1.165, 1.54) is 18.4 Å². The normalized spacial score (nSPS) is 20.0. The molecule has 0 spiro atoms. The minimum absolute atomic E-state index is 0. The van der Waals surface area contributed by atoms with E-state index in [0.29, 0.717) is 18.9 Å². The first-order chi connectivity index (χ1) is 12.2. The maximum atomic E-state index is 12.2. The molecule has 1 aromatic carbocycles. The van der Waals surface area contributed by atoms with E-state index < -0.39 is 0 Å². The lowest BCUT2D eigenvalue weighted by atomic mass is 10.1. The first-order valence-corrected chi connectivity index (χ1v) is 9.58. The number of nitrogens with zero attached hydrogens (tertiary/aromatic N) is 2. The second-order valence-corrected chi connectivity index (χ2v) is 7.19. The molecule has 1 aromatic rings. The lowest BCUT2D eigenvalue weighted by Gasteiger charge is -2.16. The van der Waals surface area contributed by atoms with Crippen LogP contribution in [0, 0.1) is 11.8 Å². The van der Waals surface area contributed by atoms with Crippen molar-refractivity contribution in [2.45, 2.75) is 32.6 Å². The average molecular weight is 470 g/mol. The number of halogens is 1. The largest absolute Gasteiger partial charge is 0.357 e. The molecule has 3 rings (SSSR count). The Morgan fingerprint density at radius 1 is 1.19 bits per heavy atom. The third-order valence-corrected chi connectivity index (χ3v) is 4.91. The van der Waals surface area contributed by atoms with Gasteiger partial charge in [-0.05, 0) is 37.7 Å². The molecule has 26 heavy (non-hydrogen) atoms. The maximum Gasteiger partial charge on any atom is 0.223 e. The molecular weight excluding hydrogens is 439 g/mol. The summed E-state index contributed by atoms with van der Waals surface area (Å²) >= 11 is 0. The summed E-state index contributed by atoms with van der Waals surface area (Å²) in [6.07, 6.45) is 4.22. The van der Waals surface area contributed by atoms with Crippen molar-refractivity contribution >= 4 is 35.8 Å². The van der Waals surface area contributed by atoms with Crippen LogP contribution in [0.2, 0.25) is 0 Å². The summed E-state index contributed by atoms with van der Waals surface area (Å²) in [7, 11) is 0. The molecule has 1 amide bonds. The van der Waals surface area contributed by atoms with E-state index in [9.17, 15) is 4.79 Å². The minimum Gasteiger partial charge on any atom is -0.357 e. The molecule has 2 aliphatic rings. The summed E-state index contributed by atoms with van der Waals surface area (Å²) in [5, 5.41) is 6.72. The number of nitrogens with one attached hydrogen (secondary N) is 2. The van der Waals surface area contributed by atoms with Gasteiger partial charge in [-0.2, -0.15) is 0 Å². The van der Waals surface area contributed by atoms with E-state index in [0.717, 1.165) is 44.5 Å². The molecule has 144 valence electrons. The summed E-state index contributed by atoms with van der Waals surface area (Å²) in [5.41, 5.74) is 1.29. The monoisotopic (exact) mass is 470 g/mol. The molecule has 2 N–H and O–H groups in total. The van der Waals surface area contributed by atoms with Crippen LogP contribution >= 0.6 is 24.0 Å². The summed E-state index contributed by atoms with van der Waals surface area (Å²) in [6, 6.07) is 10.4. The molecule has 1 heterocycles. The summed E-state index contributed by atoms with van der Waals surface area (Å²) < 4.78 is 0. The highest BCUT2D eigenvalue weighted by molar-refractivity contribution is 14.0. The van der Waals surface area contributed by atoms with Crippen LogP contribution < -0.4 is 10.6 Å². The van der Waals surface area contributed by atoms with Gasteiger partial charge in [0, 0.05) is 45.1 Å². The van der Waals surface area contributed by atoms with Crippen LogP contribution in [0.25, 0.3) is 0 Å². The third kappa shape index (κ3) is 6.78. The molecule has 1 saturated heterocycles. The first kappa shape index (κ1) is 21.0. The van der Waals surface area contributed by atoms with Crippen molar-refractivity contribution in [2.24, 2.45) is 16.8 Å². The summed E-state index contributed by atoms with van der Waals surface area (Å²) in [6.45, 7) is 6.31. The molecular formula is C20H31IN4O. The van der Waals surface area contributed by atoms with Crippen molar-refractivity contribution in [2.75, 3.05) is 32.7 Å². The molecule has 0 aromatic heterocycles. The Morgan fingerprint density at radius 2 is 1.96 bits per heavy atom. The van der Waals surface area contributed by atoms with Gasteiger partial charge in [-0.15, -0.1) is 24.0 Å². The van der Waals surface area contributed by atoms with Gasteiger partial charge in [0.1, 0.15) is 0 Å². The molecule has 2 fully saturated rings. The van der Waals surface area contributed by atoms with Crippen molar-refractivity contribution in [1.29, 1.82) is 0 Å². The van der Waals surface area contributed by atoms with Crippen LogP contribution in [0.1, 0.15) is 31.7 Å². The fourth-order valence-corrected chi connectivity index (χ4v) is 3.23.